The molecule has 8 nitrogen and oxygen atoms in total. The molecule has 0 aliphatic carbocycles. The topological polar surface area (TPSA) is 116 Å². The zero-order valence-electron chi connectivity index (χ0n) is 16.0. The van der Waals surface area contributed by atoms with Crippen LogP contribution in [0.4, 0.5) is 0 Å². The molecule has 0 bridgehead atoms. The summed E-state index contributed by atoms with van der Waals surface area (Å²) in [5.74, 6) is -1.45. The second-order valence-electron chi connectivity index (χ2n) is 7.44. The monoisotopic (exact) mass is 420 g/mol. The lowest BCUT2D eigenvalue weighted by molar-refractivity contribution is -0.133. The van der Waals surface area contributed by atoms with Gasteiger partial charge in [-0.2, -0.15) is 0 Å². The number of amides is 4. The van der Waals surface area contributed by atoms with Crippen molar-refractivity contribution in [2.45, 2.75) is 31.7 Å². The molecule has 2 fully saturated rings. The van der Waals surface area contributed by atoms with E-state index in [4.69, 9.17) is 11.6 Å². The molecule has 0 spiro atoms. The summed E-state index contributed by atoms with van der Waals surface area (Å²) in [7, 11) is 0. The normalized spacial score (nSPS) is 22.8. The Labute approximate surface area is 174 Å². The Bertz CT molecular complexity index is 783. The lowest BCUT2D eigenvalue weighted by Crippen LogP contribution is -2.46. The van der Waals surface area contributed by atoms with Crippen molar-refractivity contribution in [2.24, 2.45) is 11.8 Å². The highest BCUT2D eigenvalue weighted by molar-refractivity contribution is 6.30. The summed E-state index contributed by atoms with van der Waals surface area (Å²) in [5.41, 5.74) is 0.796. The van der Waals surface area contributed by atoms with Gasteiger partial charge in [0.1, 0.15) is 0 Å². The number of carbonyl (C=O) groups excluding carboxylic acids is 4. The number of halogens is 1. The van der Waals surface area contributed by atoms with Crippen molar-refractivity contribution in [1.82, 2.24) is 21.3 Å². The SMILES string of the molecule is O=C1CC(C(=O)NCC(NC(=O)C2CCNC(=O)C2)c2ccc(Cl)cc2)CCN1. The third kappa shape index (κ3) is 5.93. The minimum absolute atomic E-state index is 0.130. The van der Waals surface area contributed by atoms with Gasteiger partial charge in [0.05, 0.1) is 6.04 Å². The fourth-order valence-electron chi connectivity index (χ4n) is 3.60. The molecule has 4 N–H and O–H groups in total. The number of carbonyl (C=O) groups is 4. The van der Waals surface area contributed by atoms with Crippen LogP contribution in [0.2, 0.25) is 5.02 Å². The van der Waals surface area contributed by atoms with Gasteiger partial charge in [0.25, 0.3) is 0 Å². The van der Waals surface area contributed by atoms with E-state index < -0.39 is 12.0 Å². The lowest BCUT2D eigenvalue weighted by Gasteiger charge is -2.27. The maximum absolute atomic E-state index is 12.7. The highest BCUT2D eigenvalue weighted by atomic mass is 35.5. The summed E-state index contributed by atoms with van der Waals surface area (Å²) in [5, 5.41) is 11.8. The molecule has 2 aliphatic heterocycles. The molecule has 2 heterocycles. The molecule has 0 radical (unpaired) electrons. The van der Waals surface area contributed by atoms with E-state index >= 15 is 0 Å². The van der Waals surface area contributed by atoms with Crippen LogP contribution in [0.5, 0.6) is 0 Å². The highest BCUT2D eigenvalue weighted by Crippen LogP contribution is 2.20. The second kappa shape index (κ2) is 9.73. The highest BCUT2D eigenvalue weighted by Gasteiger charge is 2.29. The third-order valence-electron chi connectivity index (χ3n) is 5.30. The zero-order valence-corrected chi connectivity index (χ0v) is 16.8. The van der Waals surface area contributed by atoms with Crippen LogP contribution in [0.15, 0.2) is 24.3 Å². The molecule has 1 aromatic carbocycles. The molecule has 1 aromatic rings. The van der Waals surface area contributed by atoms with E-state index in [0.717, 1.165) is 5.56 Å². The van der Waals surface area contributed by atoms with E-state index in [0.29, 0.717) is 31.0 Å². The number of piperidine rings is 2. The van der Waals surface area contributed by atoms with Gasteiger partial charge in [-0.05, 0) is 30.5 Å². The summed E-state index contributed by atoms with van der Waals surface area (Å²) in [6.07, 6.45) is 1.49. The Morgan fingerprint density at radius 1 is 0.966 bits per heavy atom. The summed E-state index contributed by atoms with van der Waals surface area (Å²) in [6.45, 7) is 1.14. The van der Waals surface area contributed by atoms with Gasteiger partial charge in [0.2, 0.25) is 23.6 Å². The maximum Gasteiger partial charge on any atom is 0.224 e. The third-order valence-corrected chi connectivity index (χ3v) is 5.56. The van der Waals surface area contributed by atoms with Gasteiger partial charge in [-0.1, -0.05) is 23.7 Å². The number of rotatable bonds is 6. The summed E-state index contributed by atoms with van der Waals surface area (Å²) in [4.78, 5) is 48.3. The van der Waals surface area contributed by atoms with E-state index in [1.807, 2.05) is 0 Å². The Morgan fingerprint density at radius 3 is 2.07 bits per heavy atom. The largest absolute Gasteiger partial charge is 0.356 e. The fraction of sp³-hybridized carbons (Fsp3) is 0.500. The quantitative estimate of drug-likeness (QED) is 0.541. The summed E-state index contributed by atoms with van der Waals surface area (Å²) in [6, 6.07) is 6.56. The van der Waals surface area contributed by atoms with Crippen molar-refractivity contribution in [3.8, 4) is 0 Å². The first-order chi connectivity index (χ1) is 13.9. The van der Waals surface area contributed by atoms with Gasteiger partial charge in [-0.3, -0.25) is 19.2 Å². The van der Waals surface area contributed by atoms with Crippen molar-refractivity contribution in [1.29, 1.82) is 0 Å². The van der Waals surface area contributed by atoms with Crippen molar-refractivity contribution < 1.29 is 19.2 Å². The summed E-state index contributed by atoms with van der Waals surface area (Å²) < 4.78 is 0. The molecule has 0 aromatic heterocycles. The standard InChI is InChI=1S/C20H25ClN4O4/c21-15-3-1-12(2-4-15)16(25-20(29)14-6-8-23-18(27)10-14)11-24-19(28)13-5-7-22-17(26)9-13/h1-4,13-14,16H,5-11H2,(H,22,26)(H,23,27)(H,24,28)(H,25,29). The fourth-order valence-corrected chi connectivity index (χ4v) is 3.73. The number of benzene rings is 1. The van der Waals surface area contributed by atoms with Gasteiger partial charge < -0.3 is 21.3 Å². The van der Waals surface area contributed by atoms with Gasteiger partial charge in [-0.15, -0.1) is 0 Å². The Balaban J connectivity index is 1.65. The van der Waals surface area contributed by atoms with Crippen molar-refractivity contribution in [3.05, 3.63) is 34.9 Å². The number of nitrogens with one attached hydrogen (secondary N) is 4. The minimum Gasteiger partial charge on any atom is -0.356 e. The zero-order chi connectivity index (χ0) is 20.8. The van der Waals surface area contributed by atoms with Gasteiger partial charge in [0.15, 0.2) is 0 Å². The van der Waals surface area contributed by atoms with Crippen molar-refractivity contribution in [2.75, 3.05) is 19.6 Å². The van der Waals surface area contributed by atoms with Crippen molar-refractivity contribution >= 4 is 35.2 Å². The second-order valence-corrected chi connectivity index (χ2v) is 7.87. The van der Waals surface area contributed by atoms with E-state index in [9.17, 15) is 19.2 Å². The molecule has 0 saturated carbocycles. The predicted molar refractivity (Wildman–Crippen MR) is 107 cm³/mol. The molecular formula is C20H25ClN4O4. The van der Waals surface area contributed by atoms with E-state index in [2.05, 4.69) is 21.3 Å². The number of hydrogen-bond donors (Lipinski definition) is 4. The van der Waals surface area contributed by atoms with Crippen LogP contribution in [0.25, 0.3) is 0 Å². The molecule has 4 amide bonds. The van der Waals surface area contributed by atoms with Crippen LogP contribution in [0.1, 0.15) is 37.3 Å². The van der Waals surface area contributed by atoms with E-state index in [-0.39, 0.29) is 48.9 Å². The molecule has 2 aliphatic rings. The van der Waals surface area contributed by atoms with Crippen LogP contribution in [0.3, 0.4) is 0 Å². The Morgan fingerprint density at radius 2 is 1.52 bits per heavy atom. The molecule has 3 unspecified atom stereocenters. The van der Waals surface area contributed by atoms with Crippen LogP contribution < -0.4 is 21.3 Å². The van der Waals surface area contributed by atoms with Crippen LogP contribution in [-0.2, 0) is 19.2 Å². The summed E-state index contributed by atoms with van der Waals surface area (Å²) >= 11 is 5.96. The van der Waals surface area contributed by atoms with Crippen LogP contribution in [0, 0.1) is 11.8 Å². The molecule has 156 valence electrons. The van der Waals surface area contributed by atoms with Gasteiger partial charge >= 0.3 is 0 Å². The van der Waals surface area contributed by atoms with Crippen LogP contribution >= 0.6 is 11.6 Å². The van der Waals surface area contributed by atoms with Crippen molar-refractivity contribution in [3.63, 3.8) is 0 Å². The van der Waals surface area contributed by atoms with Gasteiger partial charge in [0, 0.05) is 49.3 Å². The average Bonchev–Trinajstić information content (AvgIpc) is 2.71. The smallest absolute Gasteiger partial charge is 0.224 e. The molecule has 3 rings (SSSR count). The first-order valence-electron chi connectivity index (χ1n) is 9.79. The molecular weight excluding hydrogens is 396 g/mol. The number of hydrogen-bond acceptors (Lipinski definition) is 4. The molecule has 2 saturated heterocycles. The molecule has 9 heteroatoms. The minimum atomic E-state index is -0.467. The van der Waals surface area contributed by atoms with E-state index in [1.165, 1.54) is 0 Å². The predicted octanol–water partition coefficient (Wildman–Crippen LogP) is 0.666. The first-order valence-corrected chi connectivity index (χ1v) is 10.2. The lowest BCUT2D eigenvalue weighted by atomic mass is 9.95. The van der Waals surface area contributed by atoms with Gasteiger partial charge in [-0.25, -0.2) is 0 Å². The molecule has 29 heavy (non-hydrogen) atoms. The van der Waals surface area contributed by atoms with E-state index in [1.54, 1.807) is 24.3 Å². The average molecular weight is 421 g/mol. The molecule has 3 atom stereocenters. The maximum atomic E-state index is 12.7. The Hall–Kier alpha value is -2.61. The first kappa shape index (κ1) is 21.1. The Kier molecular flexibility index (Phi) is 7.09. The van der Waals surface area contributed by atoms with Crippen LogP contribution in [-0.4, -0.2) is 43.3 Å².